The van der Waals surface area contributed by atoms with Gasteiger partial charge in [0.1, 0.15) is 5.75 Å². The molecule has 1 aliphatic rings. The molecule has 2 N–H and O–H groups in total. The Balaban J connectivity index is 2.45. The fourth-order valence-corrected chi connectivity index (χ4v) is 2.80. The van der Waals surface area contributed by atoms with Crippen molar-refractivity contribution in [2.24, 2.45) is 5.41 Å². The summed E-state index contributed by atoms with van der Waals surface area (Å²) in [5.41, 5.74) is 0.192. The van der Waals surface area contributed by atoms with Crippen LogP contribution in [-0.4, -0.2) is 25.2 Å². The van der Waals surface area contributed by atoms with E-state index in [0.29, 0.717) is 18.6 Å². The van der Waals surface area contributed by atoms with E-state index in [0.717, 1.165) is 10.0 Å². The van der Waals surface area contributed by atoms with Crippen LogP contribution in [0.4, 0.5) is 0 Å². The normalized spacial score (nSPS) is 18.2. The molecule has 1 aromatic rings. The monoisotopic (exact) mass is 313 g/mol. The van der Waals surface area contributed by atoms with Crippen molar-refractivity contribution < 1.29 is 14.6 Å². The average Bonchev–Trinajstić information content (AvgIpc) is 3.12. The highest BCUT2D eigenvalue weighted by Gasteiger charge is 2.56. The summed E-state index contributed by atoms with van der Waals surface area (Å²) in [5.74, 6) is -0.0334. The van der Waals surface area contributed by atoms with E-state index >= 15 is 0 Å². The lowest BCUT2D eigenvalue weighted by Gasteiger charge is -2.25. The number of halogens is 1. The highest BCUT2D eigenvalue weighted by atomic mass is 79.9. The number of rotatable bonds is 5. The van der Waals surface area contributed by atoms with Crippen molar-refractivity contribution in [3.63, 3.8) is 0 Å². The second-order valence-corrected chi connectivity index (χ2v) is 5.48. The minimum absolute atomic E-state index is 0.234. The van der Waals surface area contributed by atoms with Crippen molar-refractivity contribution in [3.8, 4) is 5.75 Å². The molecule has 0 amide bonds. The fraction of sp³-hybridized carbons (Fsp3) is 0.462. The van der Waals surface area contributed by atoms with Crippen molar-refractivity contribution in [2.75, 3.05) is 14.2 Å². The number of nitrogens with one attached hydrogen (secondary N) is 1. The van der Waals surface area contributed by atoms with Crippen LogP contribution in [0.1, 0.15) is 24.4 Å². The van der Waals surface area contributed by atoms with E-state index in [1.54, 1.807) is 14.2 Å². The van der Waals surface area contributed by atoms with Crippen LogP contribution in [0.2, 0.25) is 0 Å². The molecule has 4 nitrogen and oxygen atoms in total. The van der Waals surface area contributed by atoms with E-state index in [9.17, 15) is 9.90 Å². The number of hydrogen-bond acceptors (Lipinski definition) is 3. The Labute approximate surface area is 114 Å². The van der Waals surface area contributed by atoms with E-state index < -0.39 is 11.4 Å². The lowest BCUT2D eigenvalue weighted by Crippen LogP contribution is -2.32. The SMILES string of the molecule is CNC(c1cc(Br)ccc1OC)C1(C(=O)O)CC1. The Morgan fingerprint density at radius 1 is 1.56 bits per heavy atom. The number of carbonyl (C=O) groups is 1. The summed E-state index contributed by atoms with van der Waals surface area (Å²) in [5, 5.41) is 12.5. The van der Waals surface area contributed by atoms with Gasteiger partial charge in [0.15, 0.2) is 0 Å². The first-order valence-electron chi connectivity index (χ1n) is 5.79. The molecule has 0 saturated heterocycles. The Morgan fingerprint density at radius 3 is 2.67 bits per heavy atom. The molecular formula is C13H16BrNO3. The van der Waals surface area contributed by atoms with Gasteiger partial charge in [0.2, 0.25) is 0 Å². The van der Waals surface area contributed by atoms with Gasteiger partial charge in [-0.25, -0.2) is 0 Å². The van der Waals surface area contributed by atoms with Gasteiger partial charge < -0.3 is 15.2 Å². The van der Waals surface area contributed by atoms with Crippen LogP contribution in [-0.2, 0) is 4.79 Å². The average molecular weight is 314 g/mol. The summed E-state index contributed by atoms with van der Waals surface area (Å²) in [6.45, 7) is 0. The van der Waals surface area contributed by atoms with Gasteiger partial charge in [0.05, 0.1) is 18.6 Å². The van der Waals surface area contributed by atoms with Crippen molar-refractivity contribution in [1.82, 2.24) is 5.32 Å². The quantitative estimate of drug-likeness (QED) is 0.877. The van der Waals surface area contributed by atoms with Gasteiger partial charge in [-0.1, -0.05) is 15.9 Å². The van der Waals surface area contributed by atoms with E-state index in [4.69, 9.17) is 4.74 Å². The molecule has 0 aromatic heterocycles. The van der Waals surface area contributed by atoms with Gasteiger partial charge in [-0.3, -0.25) is 4.79 Å². The molecule has 98 valence electrons. The number of hydrogen-bond donors (Lipinski definition) is 2. The number of aliphatic carboxylic acids is 1. The molecule has 1 unspecified atom stereocenters. The minimum atomic E-state index is -0.746. The van der Waals surface area contributed by atoms with E-state index in [1.807, 2.05) is 18.2 Å². The van der Waals surface area contributed by atoms with Crippen molar-refractivity contribution in [2.45, 2.75) is 18.9 Å². The van der Waals surface area contributed by atoms with Gasteiger partial charge in [0.25, 0.3) is 0 Å². The predicted octanol–water partition coefficient (Wildman–Crippen LogP) is 2.58. The molecule has 0 heterocycles. The van der Waals surface area contributed by atoms with Crippen LogP contribution < -0.4 is 10.1 Å². The third-order valence-corrected chi connectivity index (χ3v) is 4.05. The Kier molecular flexibility index (Phi) is 3.64. The molecule has 1 aliphatic carbocycles. The number of carboxylic acid groups (broad SMARTS) is 1. The molecule has 0 spiro atoms. The van der Waals surface area contributed by atoms with Crippen LogP contribution in [0.15, 0.2) is 22.7 Å². The van der Waals surface area contributed by atoms with Crippen molar-refractivity contribution >= 4 is 21.9 Å². The zero-order valence-corrected chi connectivity index (χ0v) is 12.0. The summed E-state index contributed by atoms with van der Waals surface area (Å²) >= 11 is 3.42. The number of methoxy groups -OCH3 is 1. The molecule has 2 rings (SSSR count). The van der Waals surface area contributed by atoms with Gasteiger partial charge in [-0.2, -0.15) is 0 Å². The maximum absolute atomic E-state index is 11.4. The Hall–Kier alpha value is -1.07. The molecule has 1 atom stereocenters. The topological polar surface area (TPSA) is 58.6 Å². The second kappa shape index (κ2) is 4.90. The zero-order valence-electron chi connectivity index (χ0n) is 10.4. The van der Waals surface area contributed by atoms with Gasteiger partial charge in [-0.05, 0) is 38.1 Å². The molecule has 5 heteroatoms. The minimum Gasteiger partial charge on any atom is -0.496 e. The van der Waals surface area contributed by atoms with Crippen LogP contribution in [0.25, 0.3) is 0 Å². The van der Waals surface area contributed by atoms with Gasteiger partial charge in [-0.15, -0.1) is 0 Å². The van der Waals surface area contributed by atoms with Crippen LogP contribution in [0, 0.1) is 5.41 Å². The molecule has 0 aliphatic heterocycles. The second-order valence-electron chi connectivity index (χ2n) is 4.57. The Morgan fingerprint density at radius 2 is 2.22 bits per heavy atom. The van der Waals surface area contributed by atoms with E-state index in [1.165, 1.54) is 0 Å². The highest BCUT2D eigenvalue weighted by Crippen LogP contribution is 2.56. The van der Waals surface area contributed by atoms with Crippen molar-refractivity contribution in [1.29, 1.82) is 0 Å². The fourth-order valence-electron chi connectivity index (χ4n) is 2.42. The maximum atomic E-state index is 11.4. The largest absolute Gasteiger partial charge is 0.496 e. The standard InChI is InChI=1S/C13H16BrNO3/c1-15-11(13(5-6-13)12(16)17)9-7-8(14)3-4-10(9)18-2/h3-4,7,11,15H,5-6H2,1-2H3,(H,16,17). The number of benzene rings is 1. The molecule has 18 heavy (non-hydrogen) atoms. The lowest BCUT2D eigenvalue weighted by molar-refractivity contribution is -0.144. The molecular weight excluding hydrogens is 298 g/mol. The smallest absolute Gasteiger partial charge is 0.311 e. The summed E-state index contributed by atoms with van der Waals surface area (Å²) in [6, 6.07) is 5.42. The summed E-state index contributed by atoms with van der Waals surface area (Å²) in [6.07, 6.45) is 1.40. The molecule has 1 saturated carbocycles. The summed E-state index contributed by atoms with van der Waals surface area (Å²) in [4.78, 5) is 11.4. The summed E-state index contributed by atoms with van der Waals surface area (Å²) < 4.78 is 6.25. The number of ether oxygens (including phenoxy) is 1. The van der Waals surface area contributed by atoms with Crippen LogP contribution in [0.5, 0.6) is 5.75 Å². The van der Waals surface area contributed by atoms with Gasteiger partial charge in [0, 0.05) is 10.0 Å². The van der Waals surface area contributed by atoms with E-state index in [2.05, 4.69) is 21.2 Å². The first kappa shape index (κ1) is 13.4. The summed E-state index contributed by atoms with van der Waals surface area (Å²) in [7, 11) is 3.38. The maximum Gasteiger partial charge on any atom is 0.311 e. The third-order valence-electron chi connectivity index (χ3n) is 3.56. The highest BCUT2D eigenvalue weighted by molar-refractivity contribution is 9.10. The lowest BCUT2D eigenvalue weighted by atomic mass is 9.89. The number of carboxylic acids is 1. The predicted molar refractivity (Wildman–Crippen MR) is 71.8 cm³/mol. The van der Waals surface area contributed by atoms with E-state index in [-0.39, 0.29) is 6.04 Å². The first-order valence-corrected chi connectivity index (χ1v) is 6.58. The Bertz CT molecular complexity index is 471. The zero-order chi connectivity index (χ0) is 13.3. The molecule has 1 fully saturated rings. The molecule has 0 bridgehead atoms. The van der Waals surface area contributed by atoms with Crippen molar-refractivity contribution in [3.05, 3.63) is 28.2 Å². The first-order chi connectivity index (χ1) is 8.55. The van der Waals surface area contributed by atoms with Crippen LogP contribution >= 0.6 is 15.9 Å². The molecule has 1 aromatic carbocycles. The van der Waals surface area contributed by atoms with Crippen LogP contribution in [0.3, 0.4) is 0 Å². The van der Waals surface area contributed by atoms with Gasteiger partial charge >= 0.3 is 5.97 Å². The third kappa shape index (κ3) is 2.12. The molecule has 0 radical (unpaired) electrons.